The minimum Gasteiger partial charge on any atom is -0.348 e. The van der Waals surface area contributed by atoms with Crippen LogP contribution in [0, 0.1) is 0 Å². The Hall–Kier alpha value is -0.790. The molecule has 68 valence electrons. The molecule has 1 unspecified atom stereocenters. The van der Waals surface area contributed by atoms with Gasteiger partial charge >= 0.3 is 0 Å². The maximum Gasteiger partial charge on any atom is 0.0921 e. The average molecular weight is 166 g/mol. The minimum atomic E-state index is 0.638. The van der Waals surface area contributed by atoms with Crippen molar-refractivity contribution in [2.75, 3.05) is 0 Å². The van der Waals surface area contributed by atoms with E-state index < -0.39 is 0 Å². The van der Waals surface area contributed by atoms with Crippen LogP contribution in [0.4, 0.5) is 0 Å². The van der Waals surface area contributed by atoms with Crippen LogP contribution >= 0.6 is 0 Å². The summed E-state index contributed by atoms with van der Waals surface area (Å²) in [7, 11) is 0. The van der Waals surface area contributed by atoms with Crippen molar-refractivity contribution in [1.82, 2.24) is 9.97 Å². The summed E-state index contributed by atoms with van der Waals surface area (Å²) in [5.74, 6) is 0.638. The van der Waals surface area contributed by atoms with Gasteiger partial charge in [0.25, 0.3) is 0 Å². The van der Waals surface area contributed by atoms with Crippen molar-refractivity contribution in [1.29, 1.82) is 0 Å². The molecule has 0 aliphatic heterocycles. The highest BCUT2D eigenvalue weighted by Crippen LogP contribution is 2.18. The van der Waals surface area contributed by atoms with Gasteiger partial charge in [-0.15, -0.1) is 0 Å². The second kappa shape index (κ2) is 4.96. The van der Waals surface area contributed by atoms with E-state index in [-0.39, 0.29) is 0 Å². The summed E-state index contributed by atoms with van der Waals surface area (Å²) in [6.07, 6.45) is 8.93. The third-order valence-electron chi connectivity index (χ3n) is 2.29. The molecule has 1 aromatic heterocycles. The van der Waals surface area contributed by atoms with E-state index in [1.54, 1.807) is 6.33 Å². The van der Waals surface area contributed by atoms with E-state index in [0.29, 0.717) is 5.92 Å². The van der Waals surface area contributed by atoms with E-state index in [0.717, 1.165) is 0 Å². The lowest BCUT2D eigenvalue weighted by Crippen LogP contribution is -1.93. The molecule has 1 N–H and O–H groups in total. The van der Waals surface area contributed by atoms with Crippen LogP contribution in [0.15, 0.2) is 12.5 Å². The van der Waals surface area contributed by atoms with Crippen LogP contribution in [-0.2, 0) is 0 Å². The van der Waals surface area contributed by atoms with Gasteiger partial charge in [-0.1, -0.05) is 33.1 Å². The number of hydrogen-bond donors (Lipinski definition) is 1. The quantitative estimate of drug-likeness (QED) is 0.669. The molecule has 2 nitrogen and oxygen atoms in total. The van der Waals surface area contributed by atoms with Crippen molar-refractivity contribution in [3.63, 3.8) is 0 Å². The Kier molecular flexibility index (Phi) is 3.85. The number of nitrogens with zero attached hydrogens (tertiary/aromatic N) is 1. The van der Waals surface area contributed by atoms with Crippen molar-refractivity contribution in [3.8, 4) is 0 Å². The highest BCUT2D eigenvalue weighted by Gasteiger charge is 2.04. The zero-order valence-electron chi connectivity index (χ0n) is 8.01. The first-order valence-electron chi connectivity index (χ1n) is 4.83. The highest BCUT2D eigenvalue weighted by atomic mass is 14.9. The summed E-state index contributed by atoms with van der Waals surface area (Å²) in [6.45, 7) is 4.49. The lowest BCUT2D eigenvalue weighted by molar-refractivity contribution is 0.590. The predicted molar refractivity (Wildman–Crippen MR) is 51.1 cm³/mol. The van der Waals surface area contributed by atoms with Gasteiger partial charge in [-0.05, 0) is 12.3 Å². The smallest absolute Gasteiger partial charge is 0.0921 e. The first kappa shape index (κ1) is 9.30. The number of aromatic amines is 1. The molecule has 0 spiro atoms. The molecule has 1 aromatic rings. The second-order valence-electron chi connectivity index (χ2n) is 3.40. The largest absolute Gasteiger partial charge is 0.348 e. The number of imidazole rings is 1. The van der Waals surface area contributed by atoms with Crippen molar-refractivity contribution < 1.29 is 0 Å². The normalized spacial score (nSPS) is 13.2. The third kappa shape index (κ3) is 2.68. The van der Waals surface area contributed by atoms with Crippen LogP contribution in [0.3, 0.4) is 0 Å². The standard InChI is InChI=1S/C10H18N2/c1-3-4-5-6-9(2)10-7-11-8-12-10/h7-9H,3-6H2,1-2H3,(H,11,12). The summed E-state index contributed by atoms with van der Waals surface area (Å²) >= 11 is 0. The average Bonchev–Trinajstić information content (AvgIpc) is 2.56. The summed E-state index contributed by atoms with van der Waals surface area (Å²) in [4.78, 5) is 7.17. The van der Waals surface area contributed by atoms with Crippen LogP contribution in [0.2, 0.25) is 0 Å². The first-order chi connectivity index (χ1) is 5.84. The van der Waals surface area contributed by atoms with E-state index in [1.807, 2.05) is 6.20 Å². The van der Waals surface area contributed by atoms with Gasteiger partial charge in [0.05, 0.1) is 6.33 Å². The van der Waals surface area contributed by atoms with Crippen LogP contribution in [0.5, 0.6) is 0 Å². The fourth-order valence-corrected chi connectivity index (χ4v) is 1.39. The molecule has 0 aliphatic carbocycles. The van der Waals surface area contributed by atoms with Gasteiger partial charge in [0, 0.05) is 11.9 Å². The molecule has 12 heavy (non-hydrogen) atoms. The maximum absolute atomic E-state index is 4.02. The van der Waals surface area contributed by atoms with Gasteiger partial charge in [0.15, 0.2) is 0 Å². The van der Waals surface area contributed by atoms with Gasteiger partial charge in [-0.3, -0.25) is 0 Å². The fourth-order valence-electron chi connectivity index (χ4n) is 1.39. The molecule has 0 saturated carbocycles. The fraction of sp³-hybridized carbons (Fsp3) is 0.700. The number of hydrogen-bond acceptors (Lipinski definition) is 1. The van der Waals surface area contributed by atoms with Crippen molar-refractivity contribution in [3.05, 3.63) is 18.2 Å². The van der Waals surface area contributed by atoms with Crippen LogP contribution in [0.25, 0.3) is 0 Å². The lowest BCUT2D eigenvalue weighted by atomic mass is 10.0. The molecule has 0 fully saturated rings. The van der Waals surface area contributed by atoms with Crippen molar-refractivity contribution in [2.24, 2.45) is 0 Å². The van der Waals surface area contributed by atoms with Gasteiger partial charge in [-0.25, -0.2) is 4.98 Å². The molecular weight excluding hydrogens is 148 g/mol. The Balaban J connectivity index is 2.25. The topological polar surface area (TPSA) is 28.7 Å². The monoisotopic (exact) mass is 166 g/mol. The number of unbranched alkanes of at least 4 members (excludes halogenated alkanes) is 2. The van der Waals surface area contributed by atoms with Crippen molar-refractivity contribution >= 4 is 0 Å². The Labute approximate surface area is 74.4 Å². The SMILES string of the molecule is CCCCCC(C)c1cnc[nH]1. The molecule has 0 amide bonds. The van der Waals surface area contributed by atoms with Gasteiger partial charge in [0.1, 0.15) is 0 Å². The Morgan fingerprint density at radius 2 is 2.33 bits per heavy atom. The number of aromatic nitrogens is 2. The number of rotatable bonds is 5. The van der Waals surface area contributed by atoms with E-state index in [1.165, 1.54) is 31.4 Å². The summed E-state index contributed by atoms with van der Waals surface area (Å²) in [5, 5.41) is 0. The molecule has 0 bridgehead atoms. The van der Waals surface area contributed by atoms with E-state index in [9.17, 15) is 0 Å². The molecule has 1 rings (SSSR count). The molecule has 0 aromatic carbocycles. The third-order valence-corrected chi connectivity index (χ3v) is 2.29. The molecule has 1 atom stereocenters. The van der Waals surface area contributed by atoms with Gasteiger partial charge < -0.3 is 4.98 Å². The number of nitrogens with one attached hydrogen (secondary N) is 1. The van der Waals surface area contributed by atoms with Gasteiger partial charge in [-0.2, -0.15) is 0 Å². The molecule has 1 heterocycles. The maximum atomic E-state index is 4.02. The van der Waals surface area contributed by atoms with E-state index >= 15 is 0 Å². The second-order valence-corrected chi connectivity index (χ2v) is 3.40. The Morgan fingerprint density at radius 1 is 1.50 bits per heavy atom. The van der Waals surface area contributed by atoms with Crippen LogP contribution in [0.1, 0.15) is 51.1 Å². The van der Waals surface area contributed by atoms with E-state index in [4.69, 9.17) is 0 Å². The number of H-pyrrole nitrogens is 1. The molecule has 0 radical (unpaired) electrons. The Morgan fingerprint density at radius 3 is 2.92 bits per heavy atom. The zero-order chi connectivity index (χ0) is 8.81. The zero-order valence-corrected chi connectivity index (χ0v) is 8.01. The van der Waals surface area contributed by atoms with Crippen LogP contribution < -0.4 is 0 Å². The summed E-state index contributed by atoms with van der Waals surface area (Å²) < 4.78 is 0. The highest BCUT2D eigenvalue weighted by molar-refractivity contribution is 5.01. The lowest BCUT2D eigenvalue weighted by Gasteiger charge is -2.07. The summed E-state index contributed by atoms with van der Waals surface area (Å²) in [5.41, 5.74) is 1.27. The predicted octanol–water partition coefficient (Wildman–Crippen LogP) is 3.09. The molecular formula is C10H18N2. The first-order valence-corrected chi connectivity index (χ1v) is 4.83. The molecule has 0 aliphatic rings. The van der Waals surface area contributed by atoms with E-state index in [2.05, 4.69) is 23.8 Å². The van der Waals surface area contributed by atoms with Gasteiger partial charge in [0.2, 0.25) is 0 Å². The molecule has 2 heteroatoms. The summed E-state index contributed by atoms with van der Waals surface area (Å²) in [6, 6.07) is 0. The molecule has 0 saturated heterocycles. The van der Waals surface area contributed by atoms with Crippen LogP contribution in [-0.4, -0.2) is 9.97 Å². The minimum absolute atomic E-state index is 0.638. The van der Waals surface area contributed by atoms with Crippen molar-refractivity contribution in [2.45, 2.75) is 45.4 Å². The Bertz CT molecular complexity index is 192.